The van der Waals surface area contributed by atoms with Gasteiger partial charge in [0.25, 0.3) is 5.91 Å². The van der Waals surface area contributed by atoms with Crippen LogP contribution in [-0.2, 0) is 11.2 Å². The Labute approximate surface area is 182 Å². The summed E-state index contributed by atoms with van der Waals surface area (Å²) in [6, 6.07) is 13.7. The SMILES string of the molecule is CC[C@@H]1CN(C(=O)/C(C)=C/c2c(C)ccc3c2CCO3)c2cc(O)c3ccccc3c21. The highest BCUT2D eigenvalue weighted by Gasteiger charge is 2.34. The van der Waals surface area contributed by atoms with Crippen LogP contribution < -0.4 is 9.64 Å². The van der Waals surface area contributed by atoms with E-state index in [2.05, 4.69) is 19.9 Å². The van der Waals surface area contributed by atoms with Gasteiger partial charge in [-0.15, -0.1) is 0 Å². The molecule has 0 aliphatic carbocycles. The molecule has 1 atom stereocenters. The van der Waals surface area contributed by atoms with Gasteiger partial charge in [-0.2, -0.15) is 0 Å². The highest BCUT2D eigenvalue weighted by molar-refractivity contribution is 6.11. The van der Waals surface area contributed by atoms with Gasteiger partial charge >= 0.3 is 0 Å². The Bertz CT molecular complexity index is 1240. The Morgan fingerprint density at radius 1 is 1.23 bits per heavy atom. The van der Waals surface area contributed by atoms with Crippen LogP contribution in [0.1, 0.15) is 48.4 Å². The summed E-state index contributed by atoms with van der Waals surface area (Å²) in [6.07, 6.45) is 3.82. The predicted molar refractivity (Wildman–Crippen MR) is 125 cm³/mol. The second kappa shape index (κ2) is 7.45. The lowest BCUT2D eigenvalue weighted by Gasteiger charge is -2.19. The molecule has 5 rings (SSSR count). The number of rotatable bonds is 3. The van der Waals surface area contributed by atoms with Crippen molar-refractivity contribution in [2.45, 2.75) is 39.5 Å². The Kier molecular flexibility index (Phi) is 4.73. The van der Waals surface area contributed by atoms with E-state index in [4.69, 9.17) is 4.74 Å². The molecule has 1 N–H and O–H groups in total. The predicted octanol–water partition coefficient (Wildman–Crippen LogP) is 5.73. The monoisotopic (exact) mass is 413 g/mol. The number of fused-ring (bicyclic) bond motifs is 4. The average Bonchev–Trinajstić information content (AvgIpc) is 3.40. The van der Waals surface area contributed by atoms with Gasteiger partial charge in [-0.25, -0.2) is 0 Å². The third-order valence-electron chi connectivity index (χ3n) is 6.72. The van der Waals surface area contributed by atoms with Crippen molar-refractivity contribution >= 4 is 28.4 Å². The maximum Gasteiger partial charge on any atom is 0.253 e. The molecular weight excluding hydrogens is 386 g/mol. The second-order valence-corrected chi connectivity index (χ2v) is 8.59. The summed E-state index contributed by atoms with van der Waals surface area (Å²) in [4.78, 5) is 15.4. The van der Waals surface area contributed by atoms with Crippen LogP contribution in [0, 0.1) is 6.92 Å². The summed E-state index contributed by atoms with van der Waals surface area (Å²) in [6.45, 7) is 7.44. The summed E-state index contributed by atoms with van der Waals surface area (Å²) in [7, 11) is 0. The highest BCUT2D eigenvalue weighted by atomic mass is 16.5. The average molecular weight is 414 g/mol. The maximum atomic E-state index is 13.6. The molecule has 3 aromatic carbocycles. The van der Waals surface area contributed by atoms with Crippen molar-refractivity contribution < 1.29 is 14.6 Å². The number of amides is 1. The molecule has 2 heterocycles. The van der Waals surface area contributed by atoms with E-state index < -0.39 is 0 Å². The molecule has 0 unspecified atom stereocenters. The number of ether oxygens (including phenoxy) is 1. The summed E-state index contributed by atoms with van der Waals surface area (Å²) in [5, 5.41) is 12.5. The topological polar surface area (TPSA) is 49.8 Å². The third kappa shape index (κ3) is 3.09. The van der Waals surface area contributed by atoms with Crippen LogP contribution in [-0.4, -0.2) is 24.2 Å². The second-order valence-electron chi connectivity index (χ2n) is 8.59. The molecule has 0 radical (unpaired) electrons. The fraction of sp³-hybridized carbons (Fsp3) is 0.296. The van der Waals surface area contributed by atoms with Crippen molar-refractivity contribution in [3.8, 4) is 11.5 Å². The molecule has 0 bridgehead atoms. The standard InChI is InChI=1S/C27H27NO3/c1-4-18-15-28(23-14-24(29)19-7-5-6-8-21(19)26(18)23)27(30)17(3)13-22-16(2)9-10-25-20(22)11-12-31-25/h5-10,13-14,18,29H,4,11-12,15H2,1-3H3/b17-13+/t18-/m1/s1. The first-order valence-corrected chi connectivity index (χ1v) is 11.0. The van der Waals surface area contributed by atoms with Crippen LogP contribution >= 0.6 is 0 Å². The zero-order chi connectivity index (χ0) is 21.7. The van der Waals surface area contributed by atoms with Crippen molar-refractivity contribution in [3.63, 3.8) is 0 Å². The Balaban J connectivity index is 1.58. The lowest BCUT2D eigenvalue weighted by Crippen LogP contribution is -2.30. The molecule has 2 aliphatic rings. The van der Waals surface area contributed by atoms with E-state index in [1.54, 1.807) is 6.07 Å². The number of carbonyl (C=O) groups excluding carboxylic acids is 1. The van der Waals surface area contributed by atoms with Crippen LogP contribution in [0.2, 0.25) is 0 Å². The number of benzene rings is 3. The first-order valence-electron chi connectivity index (χ1n) is 11.0. The molecule has 0 saturated carbocycles. The first-order chi connectivity index (χ1) is 15.0. The van der Waals surface area contributed by atoms with Gasteiger partial charge in [0.1, 0.15) is 11.5 Å². The number of phenols is 1. The smallest absolute Gasteiger partial charge is 0.253 e. The number of carbonyl (C=O) groups is 1. The van der Waals surface area contributed by atoms with E-state index in [0.29, 0.717) is 18.7 Å². The summed E-state index contributed by atoms with van der Waals surface area (Å²) in [5.41, 5.74) is 6.12. The molecule has 1 amide bonds. The molecule has 0 aromatic heterocycles. The Morgan fingerprint density at radius 2 is 2.00 bits per heavy atom. The van der Waals surface area contributed by atoms with Crippen molar-refractivity contribution in [2.75, 3.05) is 18.1 Å². The van der Waals surface area contributed by atoms with Gasteiger partial charge in [0.2, 0.25) is 0 Å². The number of phenolic OH excluding ortho intramolecular Hbond substituents is 1. The van der Waals surface area contributed by atoms with Gasteiger partial charge in [0, 0.05) is 41.5 Å². The number of nitrogens with zero attached hydrogens (tertiary/aromatic N) is 1. The normalized spacial score (nSPS) is 17.6. The molecule has 0 spiro atoms. The van der Waals surface area contributed by atoms with E-state index in [1.165, 1.54) is 11.1 Å². The summed E-state index contributed by atoms with van der Waals surface area (Å²) >= 11 is 0. The van der Waals surface area contributed by atoms with Crippen molar-refractivity contribution in [3.05, 3.63) is 70.3 Å². The van der Waals surface area contributed by atoms with E-state index in [-0.39, 0.29) is 17.6 Å². The van der Waals surface area contributed by atoms with Gasteiger partial charge in [0.15, 0.2) is 0 Å². The van der Waals surface area contributed by atoms with Crippen molar-refractivity contribution in [1.82, 2.24) is 0 Å². The fourth-order valence-electron chi connectivity index (χ4n) is 5.06. The number of hydrogen-bond donors (Lipinski definition) is 1. The molecule has 0 fully saturated rings. The molecule has 3 aromatic rings. The van der Waals surface area contributed by atoms with Gasteiger partial charge in [-0.3, -0.25) is 4.79 Å². The summed E-state index contributed by atoms with van der Waals surface area (Å²) in [5.74, 6) is 1.39. The number of aromatic hydroxyl groups is 1. The summed E-state index contributed by atoms with van der Waals surface area (Å²) < 4.78 is 5.71. The van der Waals surface area contributed by atoms with E-state index in [1.807, 2.05) is 48.2 Å². The molecule has 4 heteroatoms. The molecule has 31 heavy (non-hydrogen) atoms. The van der Waals surface area contributed by atoms with E-state index in [0.717, 1.165) is 46.2 Å². The zero-order valence-electron chi connectivity index (χ0n) is 18.2. The zero-order valence-corrected chi connectivity index (χ0v) is 18.2. The van der Waals surface area contributed by atoms with Crippen LogP contribution in [0.25, 0.3) is 16.8 Å². The lowest BCUT2D eigenvalue weighted by molar-refractivity contribution is -0.115. The largest absolute Gasteiger partial charge is 0.507 e. The molecule has 2 aliphatic heterocycles. The van der Waals surface area contributed by atoms with Crippen LogP contribution in [0.15, 0.2) is 48.0 Å². The van der Waals surface area contributed by atoms with Gasteiger partial charge in [0.05, 0.1) is 12.3 Å². The lowest BCUT2D eigenvalue weighted by atomic mass is 9.93. The molecule has 4 nitrogen and oxygen atoms in total. The molecular formula is C27H27NO3. The molecule has 0 saturated heterocycles. The van der Waals surface area contributed by atoms with Gasteiger partial charge in [-0.1, -0.05) is 37.3 Å². The Hall–Kier alpha value is -3.27. The maximum absolute atomic E-state index is 13.6. The third-order valence-corrected chi connectivity index (χ3v) is 6.72. The quantitative estimate of drug-likeness (QED) is 0.558. The fourth-order valence-corrected chi connectivity index (χ4v) is 5.06. The minimum Gasteiger partial charge on any atom is -0.507 e. The van der Waals surface area contributed by atoms with Crippen LogP contribution in [0.3, 0.4) is 0 Å². The minimum absolute atomic E-state index is 0.0113. The van der Waals surface area contributed by atoms with Crippen LogP contribution in [0.5, 0.6) is 11.5 Å². The van der Waals surface area contributed by atoms with Crippen molar-refractivity contribution in [2.24, 2.45) is 0 Å². The number of anilines is 1. The van der Waals surface area contributed by atoms with E-state index in [9.17, 15) is 9.90 Å². The van der Waals surface area contributed by atoms with Gasteiger partial charge in [-0.05, 0) is 54.5 Å². The van der Waals surface area contributed by atoms with E-state index >= 15 is 0 Å². The van der Waals surface area contributed by atoms with Gasteiger partial charge < -0.3 is 14.7 Å². The van der Waals surface area contributed by atoms with Crippen molar-refractivity contribution in [1.29, 1.82) is 0 Å². The Morgan fingerprint density at radius 3 is 2.77 bits per heavy atom. The minimum atomic E-state index is -0.0113. The first kappa shape index (κ1) is 19.7. The van der Waals surface area contributed by atoms with Crippen LogP contribution in [0.4, 0.5) is 5.69 Å². The number of hydrogen-bond acceptors (Lipinski definition) is 3. The molecule has 158 valence electrons. The highest BCUT2D eigenvalue weighted by Crippen LogP contribution is 2.46. The number of aryl methyl sites for hydroxylation is 1.